The van der Waals surface area contributed by atoms with E-state index in [-0.39, 0.29) is 46.4 Å². The van der Waals surface area contributed by atoms with Crippen molar-refractivity contribution in [2.45, 2.75) is 24.2 Å². The molecule has 17 nitrogen and oxygen atoms in total. The monoisotopic (exact) mass is 996 g/mol. The molecule has 320 valence electrons. The minimum Gasteiger partial charge on any atom is -0.504 e. The van der Waals surface area contributed by atoms with Crippen molar-refractivity contribution >= 4 is 97.9 Å². The minimum absolute atomic E-state index is 0.0196. The highest BCUT2D eigenvalue weighted by atomic mass is 127. The molecule has 0 bridgehead atoms. The number of imide groups is 2. The molecule has 4 aromatic carbocycles. The first-order chi connectivity index (χ1) is 29.4. The van der Waals surface area contributed by atoms with Gasteiger partial charge in [0.05, 0.1) is 67.2 Å². The van der Waals surface area contributed by atoms with Gasteiger partial charge in [-0.05, 0) is 94.9 Å². The van der Waals surface area contributed by atoms with Crippen LogP contribution < -0.4 is 24.7 Å². The summed E-state index contributed by atoms with van der Waals surface area (Å²) in [5.41, 5.74) is 0.786. The average molecular weight is 998 g/mol. The maximum atomic E-state index is 15.6. The Balaban J connectivity index is 1.34. The predicted molar refractivity (Wildman–Crippen MR) is 235 cm³/mol. The van der Waals surface area contributed by atoms with Gasteiger partial charge in [0.2, 0.25) is 11.8 Å². The second kappa shape index (κ2) is 15.7. The number of carbonyl (C=O) groups excluding carboxylic acids is 4. The lowest BCUT2D eigenvalue weighted by atomic mass is 9.49. The number of fused-ring (bicyclic) bond motifs is 4. The summed E-state index contributed by atoms with van der Waals surface area (Å²) < 4.78 is 11.4. The third-order valence-electron chi connectivity index (χ3n) is 12.3. The zero-order valence-electron chi connectivity index (χ0n) is 33.1. The highest BCUT2D eigenvalue weighted by molar-refractivity contribution is 14.1. The summed E-state index contributed by atoms with van der Waals surface area (Å²) in [6.45, 7) is 0. The number of hydrogen-bond acceptors (Lipinski definition) is 13. The van der Waals surface area contributed by atoms with Crippen LogP contribution in [0, 0.1) is 47.5 Å². The van der Waals surface area contributed by atoms with Gasteiger partial charge in [0.1, 0.15) is 5.75 Å². The predicted octanol–water partition coefficient (Wildman–Crippen LogP) is 7.39. The van der Waals surface area contributed by atoms with Crippen molar-refractivity contribution in [1.82, 2.24) is 5.01 Å². The Morgan fingerprint density at radius 1 is 0.887 bits per heavy atom. The highest BCUT2D eigenvalue weighted by Gasteiger charge is 2.70. The number of hydrogen-bond donors (Lipinski definition) is 2. The van der Waals surface area contributed by atoms with E-state index in [1.54, 1.807) is 42.5 Å². The van der Waals surface area contributed by atoms with Crippen molar-refractivity contribution in [1.29, 1.82) is 0 Å². The smallest absolute Gasteiger partial charge is 0.301 e. The number of hydrazine groups is 1. The van der Waals surface area contributed by atoms with E-state index >= 15 is 9.59 Å². The highest BCUT2D eigenvalue weighted by Crippen LogP contribution is 2.65. The second-order valence-electron chi connectivity index (χ2n) is 15.5. The molecule has 1 saturated carbocycles. The van der Waals surface area contributed by atoms with E-state index in [0.717, 1.165) is 22.0 Å². The zero-order chi connectivity index (χ0) is 44.7. The van der Waals surface area contributed by atoms with Crippen molar-refractivity contribution in [3.8, 4) is 17.2 Å². The van der Waals surface area contributed by atoms with Crippen LogP contribution in [-0.4, -0.2) is 71.9 Å². The molecule has 6 atom stereocenters. The molecule has 2 aliphatic carbocycles. The molecule has 0 unspecified atom stereocenters. The number of nitrogens with one attached hydrogen (secondary N) is 1. The Labute approximate surface area is 376 Å². The van der Waals surface area contributed by atoms with Crippen LogP contribution in [0.1, 0.15) is 29.9 Å². The van der Waals surface area contributed by atoms with Crippen LogP contribution in [-0.2, 0) is 24.6 Å². The fraction of sp³-hybridized carbons (Fsp3) is 0.286. The number of anilines is 3. The van der Waals surface area contributed by atoms with Crippen molar-refractivity contribution in [2.75, 3.05) is 43.5 Å². The lowest BCUT2D eigenvalue weighted by molar-refractivity contribution is -0.392. The third kappa shape index (κ3) is 6.40. The summed E-state index contributed by atoms with van der Waals surface area (Å²) >= 11 is 14.7. The Bertz CT molecular complexity index is 2640. The molecule has 2 N–H and O–H groups in total. The number of phenols is 1. The summed E-state index contributed by atoms with van der Waals surface area (Å²) in [6, 6.07) is 16.4. The number of halogens is 3. The molecular weight excluding hydrogens is 962 g/mol. The molecule has 4 aromatic rings. The van der Waals surface area contributed by atoms with Gasteiger partial charge in [-0.25, -0.2) is 4.90 Å². The van der Waals surface area contributed by atoms with Gasteiger partial charge in [-0.3, -0.25) is 44.8 Å². The Hall–Kier alpha value is -5.99. The number of carbonyl (C=O) groups is 4. The van der Waals surface area contributed by atoms with Gasteiger partial charge in [-0.2, -0.15) is 5.01 Å². The topological polar surface area (TPSA) is 215 Å². The van der Waals surface area contributed by atoms with Crippen LogP contribution in [0.15, 0.2) is 78.4 Å². The van der Waals surface area contributed by atoms with E-state index < -0.39 is 79.9 Å². The first-order valence-corrected chi connectivity index (χ1v) is 20.8. The normalized spacial score (nSPS) is 24.0. The number of nitrogens with zero attached hydrogens (tertiary/aromatic N) is 5. The second-order valence-corrected chi connectivity index (χ2v) is 17.5. The molecule has 62 heavy (non-hydrogen) atoms. The van der Waals surface area contributed by atoms with E-state index in [9.17, 15) is 34.9 Å². The fourth-order valence-corrected chi connectivity index (χ4v) is 10.9. The molecule has 0 radical (unpaired) electrons. The Morgan fingerprint density at radius 3 is 2.13 bits per heavy atom. The van der Waals surface area contributed by atoms with E-state index in [0.29, 0.717) is 31.0 Å². The Kier molecular flexibility index (Phi) is 10.8. The van der Waals surface area contributed by atoms with Gasteiger partial charge in [-0.15, -0.1) is 0 Å². The Morgan fingerprint density at radius 2 is 1.55 bits per heavy atom. The van der Waals surface area contributed by atoms with Crippen LogP contribution in [0.25, 0.3) is 0 Å². The van der Waals surface area contributed by atoms with E-state index in [2.05, 4.69) is 5.43 Å². The number of nitro benzene ring substituents is 2. The molecule has 2 saturated heterocycles. The molecule has 0 aromatic heterocycles. The van der Waals surface area contributed by atoms with Crippen LogP contribution in [0.2, 0.25) is 10.0 Å². The van der Waals surface area contributed by atoms with Gasteiger partial charge in [0.15, 0.2) is 17.2 Å². The van der Waals surface area contributed by atoms with Gasteiger partial charge in [-0.1, -0.05) is 47.0 Å². The summed E-state index contributed by atoms with van der Waals surface area (Å²) in [5.74, 6) is -7.74. The molecule has 8 rings (SSSR count). The number of aromatic hydroxyl groups is 1. The molecule has 2 aliphatic heterocycles. The number of allylic oxidation sites excluding steroid dienone is 2. The van der Waals surface area contributed by atoms with Crippen LogP contribution in [0.3, 0.4) is 0 Å². The number of methoxy groups -OCH3 is 2. The summed E-state index contributed by atoms with van der Waals surface area (Å²) in [6.07, 6.45) is 1.66. The average Bonchev–Trinajstić information content (AvgIpc) is 3.62. The van der Waals surface area contributed by atoms with Crippen molar-refractivity contribution in [3.63, 3.8) is 0 Å². The number of amides is 4. The standard InChI is InChI=1S/C42H35Cl2IN6O11/c1-47(2)36-31(50(57)58)16-22(17-32(36)51(59)60)48-38(53)25-11-10-24-26(34(25)40(48)55)18-27-39(54)49(46-30-12-7-21(43)15-28(30)44)41(56)42(27,20-5-8-23(61-3)9-6-20)35(24)19-13-29(45)37(52)33(14-19)62-4/h5-10,12-17,25-27,34-35,46,52H,11,18H2,1-4H3/t25-,26+,27-,34-,35-,42+/m0/s1. The van der Waals surface area contributed by atoms with Gasteiger partial charge in [0.25, 0.3) is 11.8 Å². The van der Waals surface area contributed by atoms with Crippen LogP contribution in [0.4, 0.5) is 28.4 Å². The maximum Gasteiger partial charge on any atom is 0.301 e. The minimum atomic E-state index is -1.73. The van der Waals surface area contributed by atoms with Crippen LogP contribution in [0.5, 0.6) is 17.2 Å². The number of nitro groups is 2. The first kappa shape index (κ1) is 42.7. The van der Waals surface area contributed by atoms with Gasteiger partial charge >= 0.3 is 11.4 Å². The maximum absolute atomic E-state index is 15.6. The number of rotatable bonds is 10. The SMILES string of the molecule is COc1ccc([C@@]23C(=O)N(Nc4ccc(Cl)cc4Cl)C(=O)[C@@H]2C[C@@H]2C(=CC[C@@H]4C(=O)N(c5cc([N+](=O)[O-])c(N(C)C)c([N+](=O)[O-])c5)C(=O)[C@@H]42)[C@@H]3c2cc(I)c(O)c(OC)c2)cc1. The molecule has 20 heteroatoms. The van der Waals surface area contributed by atoms with Crippen LogP contribution >= 0.6 is 45.8 Å². The van der Waals surface area contributed by atoms with Gasteiger partial charge < -0.3 is 19.5 Å². The number of phenolic OH excluding ortho intramolecular Hbond substituents is 1. The largest absolute Gasteiger partial charge is 0.504 e. The third-order valence-corrected chi connectivity index (χ3v) is 13.7. The molecule has 2 heterocycles. The first-order valence-electron chi connectivity index (χ1n) is 19.0. The summed E-state index contributed by atoms with van der Waals surface area (Å²) in [5, 5.41) is 36.9. The molecular formula is C42H35Cl2IN6O11. The molecule has 3 fully saturated rings. The van der Waals surface area contributed by atoms with E-state index in [4.69, 9.17) is 32.7 Å². The molecule has 4 aliphatic rings. The lowest BCUT2D eigenvalue weighted by Gasteiger charge is -2.50. The quantitative estimate of drug-likeness (QED) is 0.0522. The number of benzene rings is 4. The van der Waals surface area contributed by atoms with Gasteiger partial charge in [0, 0.05) is 37.2 Å². The van der Waals surface area contributed by atoms with Crippen molar-refractivity contribution in [3.05, 3.63) is 123 Å². The zero-order valence-corrected chi connectivity index (χ0v) is 36.8. The van der Waals surface area contributed by atoms with Crippen molar-refractivity contribution < 1.29 is 43.6 Å². The van der Waals surface area contributed by atoms with Crippen molar-refractivity contribution in [2.24, 2.45) is 23.7 Å². The fourth-order valence-electron chi connectivity index (χ4n) is 9.84. The van der Waals surface area contributed by atoms with E-state index in [1.165, 1.54) is 51.4 Å². The summed E-state index contributed by atoms with van der Waals surface area (Å²) in [7, 11) is 5.65. The lowest BCUT2D eigenvalue weighted by Crippen LogP contribution is -2.53. The summed E-state index contributed by atoms with van der Waals surface area (Å²) in [4.78, 5) is 85.0. The van der Waals surface area contributed by atoms with E-state index in [1.807, 2.05) is 22.6 Å². The number of ether oxygens (including phenoxy) is 2. The molecule has 4 amide bonds. The molecule has 0 spiro atoms.